The van der Waals surface area contributed by atoms with E-state index in [1.165, 1.54) is 0 Å². The Morgan fingerprint density at radius 3 is 2.60 bits per heavy atom. The quantitative estimate of drug-likeness (QED) is 0.725. The molecular weight excluding hydrogens is 210 g/mol. The second kappa shape index (κ2) is 3.79. The van der Waals surface area contributed by atoms with Crippen LogP contribution in [0, 0.1) is 0 Å². The van der Waals surface area contributed by atoms with Gasteiger partial charge in [0.25, 0.3) is 0 Å². The minimum atomic E-state index is 0.565. The molecule has 2 aromatic rings. The molecule has 0 aliphatic heterocycles. The fourth-order valence-electron chi connectivity index (χ4n) is 1.40. The Kier molecular flexibility index (Phi) is 2.47. The molecular formula is C11H10ClN3. The summed E-state index contributed by atoms with van der Waals surface area (Å²) in [6.45, 7) is 0. The van der Waals surface area contributed by atoms with Crippen molar-refractivity contribution in [1.29, 1.82) is 0 Å². The lowest BCUT2D eigenvalue weighted by Gasteiger charge is -2.08. The molecule has 0 spiro atoms. The second-order valence-corrected chi connectivity index (χ2v) is 3.61. The molecule has 0 saturated carbocycles. The van der Waals surface area contributed by atoms with Crippen molar-refractivity contribution in [2.24, 2.45) is 0 Å². The third-order valence-corrected chi connectivity index (χ3v) is 2.44. The summed E-state index contributed by atoms with van der Waals surface area (Å²) in [5.74, 6) is 0. The van der Waals surface area contributed by atoms with Crippen LogP contribution in [-0.2, 0) is 0 Å². The number of halogens is 1. The maximum atomic E-state index is 6.02. The maximum Gasteiger partial charge on any atom is 0.0668 e. The van der Waals surface area contributed by atoms with E-state index < -0.39 is 0 Å². The fourth-order valence-corrected chi connectivity index (χ4v) is 1.62. The zero-order chi connectivity index (χ0) is 10.8. The standard InChI is InChI=1S/C11H10ClN3/c12-10-6-15-4-3-8(10)9-5-7(13)1-2-11(9)14/h1-6H,13-14H2. The van der Waals surface area contributed by atoms with Crippen molar-refractivity contribution in [2.45, 2.75) is 0 Å². The van der Waals surface area contributed by atoms with Crippen LogP contribution in [0.4, 0.5) is 11.4 Å². The highest BCUT2D eigenvalue weighted by molar-refractivity contribution is 6.33. The topological polar surface area (TPSA) is 64.9 Å². The van der Waals surface area contributed by atoms with E-state index in [0.29, 0.717) is 16.4 Å². The number of nitrogen functional groups attached to an aromatic ring is 2. The van der Waals surface area contributed by atoms with Gasteiger partial charge in [0.15, 0.2) is 0 Å². The Labute approximate surface area is 92.7 Å². The van der Waals surface area contributed by atoms with Gasteiger partial charge in [-0.1, -0.05) is 11.6 Å². The van der Waals surface area contributed by atoms with Crippen molar-refractivity contribution >= 4 is 23.0 Å². The van der Waals surface area contributed by atoms with Gasteiger partial charge in [-0.05, 0) is 24.3 Å². The molecule has 76 valence electrons. The van der Waals surface area contributed by atoms with Crippen LogP contribution in [0.15, 0.2) is 36.7 Å². The molecule has 3 nitrogen and oxygen atoms in total. The van der Waals surface area contributed by atoms with E-state index in [-0.39, 0.29) is 0 Å². The molecule has 0 amide bonds. The van der Waals surface area contributed by atoms with E-state index in [1.807, 2.05) is 6.07 Å². The molecule has 0 unspecified atom stereocenters. The average Bonchev–Trinajstić information content (AvgIpc) is 2.23. The van der Waals surface area contributed by atoms with Crippen molar-refractivity contribution < 1.29 is 0 Å². The molecule has 0 bridgehead atoms. The van der Waals surface area contributed by atoms with Crippen LogP contribution in [0.2, 0.25) is 5.02 Å². The van der Waals surface area contributed by atoms with Crippen molar-refractivity contribution in [1.82, 2.24) is 4.98 Å². The SMILES string of the molecule is Nc1ccc(N)c(-c2ccncc2Cl)c1. The number of hydrogen-bond donors (Lipinski definition) is 2. The first-order chi connectivity index (χ1) is 7.18. The van der Waals surface area contributed by atoms with Gasteiger partial charge in [0, 0.05) is 34.9 Å². The van der Waals surface area contributed by atoms with Gasteiger partial charge in [-0.2, -0.15) is 0 Å². The molecule has 0 aliphatic carbocycles. The summed E-state index contributed by atoms with van der Waals surface area (Å²) in [7, 11) is 0. The van der Waals surface area contributed by atoms with E-state index >= 15 is 0 Å². The smallest absolute Gasteiger partial charge is 0.0668 e. The highest BCUT2D eigenvalue weighted by Gasteiger charge is 2.06. The summed E-state index contributed by atoms with van der Waals surface area (Å²) in [4.78, 5) is 3.92. The minimum absolute atomic E-state index is 0.565. The number of nitrogens with two attached hydrogens (primary N) is 2. The predicted molar refractivity (Wildman–Crippen MR) is 63.5 cm³/mol. The Hall–Kier alpha value is -1.74. The Balaban J connectivity index is 2.64. The molecule has 0 fully saturated rings. The van der Waals surface area contributed by atoms with Crippen molar-refractivity contribution in [3.8, 4) is 11.1 Å². The van der Waals surface area contributed by atoms with Crippen molar-refractivity contribution in [2.75, 3.05) is 11.5 Å². The maximum absolute atomic E-state index is 6.02. The van der Waals surface area contributed by atoms with E-state index in [2.05, 4.69) is 4.98 Å². The van der Waals surface area contributed by atoms with Gasteiger partial charge in [-0.3, -0.25) is 4.98 Å². The van der Waals surface area contributed by atoms with Gasteiger partial charge in [-0.15, -0.1) is 0 Å². The lowest BCUT2D eigenvalue weighted by Crippen LogP contribution is -1.93. The molecule has 4 N–H and O–H groups in total. The number of pyridine rings is 1. The molecule has 4 heteroatoms. The average molecular weight is 220 g/mol. The van der Waals surface area contributed by atoms with Crippen LogP contribution in [0.5, 0.6) is 0 Å². The predicted octanol–water partition coefficient (Wildman–Crippen LogP) is 2.57. The zero-order valence-electron chi connectivity index (χ0n) is 7.94. The lowest BCUT2D eigenvalue weighted by molar-refractivity contribution is 1.33. The molecule has 1 aromatic carbocycles. The van der Waals surface area contributed by atoms with Crippen LogP contribution in [-0.4, -0.2) is 4.98 Å². The molecule has 1 aromatic heterocycles. The van der Waals surface area contributed by atoms with E-state index in [4.69, 9.17) is 23.1 Å². The first-order valence-corrected chi connectivity index (χ1v) is 4.81. The summed E-state index contributed by atoms with van der Waals surface area (Å²) in [6.07, 6.45) is 3.25. The number of anilines is 2. The number of nitrogens with zero attached hydrogens (tertiary/aromatic N) is 1. The summed E-state index contributed by atoms with van der Waals surface area (Å²) in [5.41, 5.74) is 14.5. The van der Waals surface area contributed by atoms with Gasteiger partial charge < -0.3 is 11.5 Å². The molecule has 0 saturated heterocycles. The minimum Gasteiger partial charge on any atom is -0.399 e. The second-order valence-electron chi connectivity index (χ2n) is 3.20. The van der Waals surface area contributed by atoms with Crippen LogP contribution in [0.25, 0.3) is 11.1 Å². The molecule has 15 heavy (non-hydrogen) atoms. The van der Waals surface area contributed by atoms with Crippen LogP contribution >= 0.6 is 11.6 Å². The normalized spacial score (nSPS) is 10.2. The third-order valence-electron chi connectivity index (χ3n) is 2.14. The van der Waals surface area contributed by atoms with Gasteiger partial charge >= 0.3 is 0 Å². The number of hydrogen-bond acceptors (Lipinski definition) is 3. The molecule has 1 heterocycles. The molecule has 0 radical (unpaired) electrons. The number of rotatable bonds is 1. The number of benzene rings is 1. The van der Waals surface area contributed by atoms with Crippen LogP contribution < -0.4 is 11.5 Å². The first-order valence-electron chi connectivity index (χ1n) is 4.43. The summed E-state index contributed by atoms with van der Waals surface area (Å²) in [6, 6.07) is 7.14. The highest BCUT2D eigenvalue weighted by atomic mass is 35.5. The summed E-state index contributed by atoms with van der Waals surface area (Å²) in [5, 5.41) is 0.565. The molecule has 0 aliphatic rings. The summed E-state index contributed by atoms with van der Waals surface area (Å²) >= 11 is 6.02. The summed E-state index contributed by atoms with van der Waals surface area (Å²) < 4.78 is 0. The zero-order valence-corrected chi connectivity index (χ0v) is 8.70. The van der Waals surface area contributed by atoms with Gasteiger partial charge in [0.1, 0.15) is 0 Å². The third kappa shape index (κ3) is 1.87. The van der Waals surface area contributed by atoms with Crippen LogP contribution in [0.3, 0.4) is 0 Å². The molecule has 2 rings (SSSR count). The van der Waals surface area contributed by atoms with Gasteiger partial charge in [0.2, 0.25) is 0 Å². The van der Waals surface area contributed by atoms with Crippen LogP contribution in [0.1, 0.15) is 0 Å². The number of aromatic nitrogens is 1. The van der Waals surface area contributed by atoms with Crippen molar-refractivity contribution in [3.63, 3.8) is 0 Å². The highest BCUT2D eigenvalue weighted by Crippen LogP contribution is 2.32. The molecule has 0 atom stereocenters. The largest absolute Gasteiger partial charge is 0.399 e. The van der Waals surface area contributed by atoms with Crippen molar-refractivity contribution in [3.05, 3.63) is 41.7 Å². The first kappa shape index (κ1) is 9.80. The van der Waals surface area contributed by atoms with E-state index in [1.54, 1.807) is 30.6 Å². The van der Waals surface area contributed by atoms with Gasteiger partial charge in [0.05, 0.1) is 5.02 Å². The lowest BCUT2D eigenvalue weighted by atomic mass is 10.0. The fraction of sp³-hybridized carbons (Fsp3) is 0. The van der Waals surface area contributed by atoms with Gasteiger partial charge in [-0.25, -0.2) is 0 Å². The monoisotopic (exact) mass is 219 g/mol. The Morgan fingerprint density at radius 1 is 1.07 bits per heavy atom. The van der Waals surface area contributed by atoms with E-state index in [9.17, 15) is 0 Å². The Morgan fingerprint density at radius 2 is 1.87 bits per heavy atom. The Bertz CT molecular complexity index is 497. The van der Waals surface area contributed by atoms with E-state index in [0.717, 1.165) is 11.1 Å².